The first kappa shape index (κ1) is 12.6. The Morgan fingerprint density at radius 2 is 2.00 bits per heavy atom. The van der Waals surface area contributed by atoms with Crippen molar-refractivity contribution >= 4 is 5.84 Å². The molecule has 2 rings (SSSR count). The number of amidine groups is 1. The number of hydrogen-bond donors (Lipinski definition) is 3. The molecular weight excluding hydrogens is 218 g/mol. The molecule has 1 saturated carbocycles. The van der Waals surface area contributed by atoms with Crippen LogP contribution in [0.1, 0.15) is 19.3 Å². The number of likely N-dealkylation sites (N-methyl/N-ethyl adjacent to an activating group) is 1. The lowest BCUT2D eigenvalue weighted by Crippen LogP contribution is -2.52. The standard InChI is InChI=1S/C11H23N5O/c1-15-4-6-16(7-5-15)13-9-11(2-3-11)8-10(12)14-17/h13,17H,2-9H2,1H3,(H2,12,14). The Balaban J connectivity index is 1.71. The van der Waals surface area contributed by atoms with Crippen LogP contribution in [0, 0.1) is 5.41 Å². The Kier molecular flexibility index (Phi) is 3.86. The zero-order valence-corrected chi connectivity index (χ0v) is 10.5. The van der Waals surface area contributed by atoms with Gasteiger partial charge in [0.1, 0.15) is 5.84 Å². The van der Waals surface area contributed by atoms with Gasteiger partial charge in [0.25, 0.3) is 0 Å². The van der Waals surface area contributed by atoms with Gasteiger partial charge in [-0.2, -0.15) is 0 Å². The molecule has 0 bridgehead atoms. The summed E-state index contributed by atoms with van der Waals surface area (Å²) in [7, 11) is 2.15. The third kappa shape index (κ3) is 3.55. The number of rotatable bonds is 5. The molecule has 2 fully saturated rings. The zero-order valence-electron chi connectivity index (χ0n) is 10.5. The van der Waals surface area contributed by atoms with Gasteiger partial charge in [-0.1, -0.05) is 5.16 Å². The molecule has 1 aliphatic carbocycles. The lowest BCUT2D eigenvalue weighted by Gasteiger charge is -2.33. The minimum absolute atomic E-state index is 0.236. The van der Waals surface area contributed by atoms with Crippen LogP contribution in [-0.4, -0.2) is 60.7 Å². The van der Waals surface area contributed by atoms with Gasteiger partial charge in [0.05, 0.1) is 0 Å². The van der Waals surface area contributed by atoms with E-state index < -0.39 is 0 Å². The second kappa shape index (κ2) is 5.20. The average molecular weight is 241 g/mol. The highest BCUT2D eigenvalue weighted by Gasteiger charge is 2.43. The van der Waals surface area contributed by atoms with Gasteiger partial charge in [-0.25, -0.2) is 5.01 Å². The summed E-state index contributed by atoms with van der Waals surface area (Å²) in [6.45, 7) is 5.29. The van der Waals surface area contributed by atoms with E-state index >= 15 is 0 Å². The fourth-order valence-electron chi connectivity index (χ4n) is 2.26. The highest BCUT2D eigenvalue weighted by Crippen LogP contribution is 2.48. The highest BCUT2D eigenvalue weighted by molar-refractivity contribution is 5.80. The summed E-state index contributed by atoms with van der Waals surface area (Å²) in [4.78, 5) is 2.33. The minimum Gasteiger partial charge on any atom is -0.409 e. The van der Waals surface area contributed by atoms with Gasteiger partial charge in [0, 0.05) is 39.1 Å². The third-order valence-electron chi connectivity index (χ3n) is 3.82. The quantitative estimate of drug-likeness (QED) is 0.265. The Labute approximate surface area is 102 Å². The van der Waals surface area contributed by atoms with E-state index in [1.807, 2.05) is 0 Å². The molecule has 0 aromatic heterocycles. The first-order chi connectivity index (χ1) is 8.13. The molecule has 1 heterocycles. The van der Waals surface area contributed by atoms with E-state index in [-0.39, 0.29) is 5.41 Å². The second-order valence-corrected chi connectivity index (χ2v) is 5.39. The molecule has 0 amide bonds. The molecular formula is C11H23N5O. The highest BCUT2D eigenvalue weighted by atomic mass is 16.4. The van der Waals surface area contributed by atoms with E-state index in [0.29, 0.717) is 12.3 Å². The van der Waals surface area contributed by atoms with Crippen LogP contribution >= 0.6 is 0 Å². The largest absolute Gasteiger partial charge is 0.409 e. The van der Waals surface area contributed by atoms with Crippen molar-refractivity contribution in [2.24, 2.45) is 16.3 Å². The van der Waals surface area contributed by atoms with Gasteiger partial charge in [-0.15, -0.1) is 0 Å². The number of nitrogens with two attached hydrogens (primary N) is 1. The number of nitrogens with one attached hydrogen (secondary N) is 1. The summed E-state index contributed by atoms with van der Waals surface area (Å²) in [5, 5.41) is 13.9. The summed E-state index contributed by atoms with van der Waals surface area (Å²) in [6.07, 6.45) is 3.04. The van der Waals surface area contributed by atoms with E-state index in [9.17, 15) is 0 Å². The van der Waals surface area contributed by atoms with Crippen LogP contribution in [0.2, 0.25) is 0 Å². The molecule has 0 aromatic carbocycles. The zero-order chi connectivity index (χ0) is 12.3. The smallest absolute Gasteiger partial charge is 0.139 e. The van der Waals surface area contributed by atoms with Crippen LogP contribution in [0.3, 0.4) is 0 Å². The van der Waals surface area contributed by atoms with Crippen molar-refractivity contribution in [2.75, 3.05) is 39.8 Å². The van der Waals surface area contributed by atoms with E-state index in [4.69, 9.17) is 10.9 Å². The molecule has 4 N–H and O–H groups in total. The van der Waals surface area contributed by atoms with Crippen LogP contribution < -0.4 is 11.2 Å². The Morgan fingerprint density at radius 1 is 1.35 bits per heavy atom. The molecule has 17 heavy (non-hydrogen) atoms. The fraction of sp³-hybridized carbons (Fsp3) is 0.909. The third-order valence-corrected chi connectivity index (χ3v) is 3.82. The summed E-state index contributed by atoms with van der Waals surface area (Å²) in [6, 6.07) is 0. The average Bonchev–Trinajstić information content (AvgIpc) is 3.09. The molecule has 2 aliphatic rings. The van der Waals surface area contributed by atoms with Gasteiger partial charge < -0.3 is 15.8 Å². The summed E-state index contributed by atoms with van der Waals surface area (Å²) in [5.74, 6) is 0.350. The predicted molar refractivity (Wildman–Crippen MR) is 66.8 cm³/mol. The Hall–Kier alpha value is -0.850. The number of nitrogens with zero attached hydrogens (tertiary/aromatic N) is 3. The van der Waals surface area contributed by atoms with Crippen LogP contribution in [0.4, 0.5) is 0 Å². The van der Waals surface area contributed by atoms with Crippen LogP contribution in [-0.2, 0) is 0 Å². The van der Waals surface area contributed by atoms with Crippen LogP contribution in [0.5, 0.6) is 0 Å². The van der Waals surface area contributed by atoms with Gasteiger partial charge in [-0.05, 0) is 25.3 Å². The number of hydrazine groups is 1. The molecule has 6 nitrogen and oxygen atoms in total. The molecule has 98 valence electrons. The molecule has 0 atom stereocenters. The molecule has 1 aliphatic heterocycles. The maximum absolute atomic E-state index is 8.60. The molecule has 0 aromatic rings. The van der Waals surface area contributed by atoms with E-state index in [0.717, 1.165) is 32.7 Å². The SMILES string of the molecule is CN1CCN(NCC2(CC(N)=NO)CC2)CC1. The fourth-order valence-corrected chi connectivity index (χ4v) is 2.26. The van der Waals surface area contributed by atoms with Crippen molar-refractivity contribution in [3.8, 4) is 0 Å². The molecule has 6 heteroatoms. The normalized spacial score (nSPS) is 26.1. The number of oxime groups is 1. The van der Waals surface area contributed by atoms with Crippen molar-refractivity contribution in [3.05, 3.63) is 0 Å². The summed E-state index contributed by atoms with van der Waals surface area (Å²) >= 11 is 0. The van der Waals surface area contributed by atoms with Gasteiger partial charge in [-0.3, -0.25) is 5.43 Å². The van der Waals surface area contributed by atoms with Crippen LogP contribution in [0.15, 0.2) is 5.16 Å². The topological polar surface area (TPSA) is 77.1 Å². The molecule has 0 unspecified atom stereocenters. The number of hydrogen-bond acceptors (Lipinski definition) is 5. The molecule has 0 radical (unpaired) electrons. The Morgan fingerprint density at radius 3 is 2.53 bits per heavy atom. The monoisotopic (exact) mass is 241 g/mol. The number of piperazine rings is 1. The lowest BCUT2D eigenvalue weighted by molar-refractivity contribution is 0.0960. The van der Waals surface area contributed by atoms with E-state index in [1.54, 1.807) is 0 Å². The van der Waals surface area contributed by atoms with Crippen molar-refractivity contribution < 1.29 is 5.21 Å². The van der Waals surface area contributed by atoms with Crippen molar-refractivity contribution in [1.29, 1.82) is 0 Å². The van der Waals surface area contributed by atoms with Crippen molar-refractivity contribution in [1.82, 2.24) is 15.3 Å². The van der Waals surface area contributed by atoms with Gasteiger partial charge in [0.2, 0.25) is 0 Å². The maximum Gasteiger partial charge on any atom is 0.139 e. The van der Waals surface area contributed by atoms with E-state index in [2.05, 4.69) is 27.5 Å². The molecule has 0 spiro atoms. The minimum atomic E-state index is 0.236. The lowest BCUT2D eigenvalue weighted by atomic mass is 10.0. The van der Waals surface area contributed by atoms with Gasteiger partial charge in [0.15, 0.2) is 0 Å². The predicted octanol–water partition coefficient (Wildman–Crippen LogP) is -0.345. The van der Waals surface area contributed by atoms with E-state index in [1.165, 1.54) is 12.8 Å². The second-order valence-electron chi connectivity index (χ2n) is 5.39. The van der Waals surface area contributed by atoms with Crippen molar-refractivity contribution in [3.63, 3.8) is 0 Å². The first-order valence-corrected chi connectivity index (χ1v) is 6.27. The van der Waals surface area contributed by atoms with Gasteiger partial charge >= 0.3 is 0 Å². The maximum atomic E-state index is 8.60. The molecule has 1 saturated heterocycles. The van der Waals surface area contributed by atoms with Crippen molar-refractivity contribution in [2.45, 2.75) is 19.3 Å². The Bertz CT molecular complexity index is 282. The first-order valence-electron chi connectivity index (χ1n) is 6.27. The summed E-state index contributed by atoms with van der Waals surface area (Å²) in [5.41, 5.74) is 9.30. The summed E-state index contributed by atoms with van der Waals surface area (Å²) < 4.78 is 0. The van der Waals surface area contributed by atoms with Crippen LogP contribution in [0.25, 0.3) is 0 Å².